The molecule has 0 aliphatic carbocycles. The normalized spacial score (nSPS) is 10.9. The Morgan fingerprint density at radius 2 is 1.84 bits per heavy atom. The molecule has 0 amide bonds. The van der Waals surface area contributed by atoms with E-state index in [0.717, 1.165) is 16.5 Å². The second-order valence-corrected chi connectivity index (χ2v) is 6.24. The Labute approximate surface area is 124 Å². The lowest BCUT2D eigenvalue weighted by molar-refractivity contribution is 0.589. The van der Waals surface area contributed by atoms with E-state index in [-0.39, 0.29) is 0 Å². The molecule has 1 nitrogen and oxygen atoms in total. The van der Waals surface area contributed by atoms with Crippen molar-refractivity contribution >= 4 is 23.4 Å². The lowest BCUT2D eigenvalue weighted by Gasteiger charge is -2.10. The van der Waals surface area contributed by atoms with Gasteiger partial charge in [-0.15, -0.1) is 0 Å². The van der Waals surface area contributed by atoms with E-state index < -0.39 is 0 Å². The molecular weight excluding hydrogens is 274 g/mol. The highest BCUT2D eigenvalue weighted by Crippen LogP contribution is 2.33. The van der Waals surface area contributed by atoms with E-state index in [1.54, 1.807) is 11.8 Å². The molecule has 0 heterocycles. The average Bonchev–Trinajstić information content (AvgIpc) is 2.40. The predicted octanol–water partition coefficient (Wildman–Crippen LogP) is 4.99. The molecule has 0 aromatic heterocycles. The molecule has 0 fully saturated rings. The minimum Gasteiger partial charge on any atom is -0.310 e. The van der Waals surface area contributed by atoms with Gasteiger partial charge in [0.25, 0.3) is 0 Å². The summed E-state index contributed by atoms with van der Waals surface area (Å²) in [6, 6.07) is 17.0. The molecule has 3 heteroatoms. The minimum atomic E-state index is 0.483. The first kappa shape index (κ1) is 14.4. The molecule has 0 saturated heterocycles. The van der Waals surface area contributed by atoms with Crippen LogP contribution in [0, 0.1) is 0 Å². The Kier molecular flexibility index (Phi) is 5.32. The second kappa shape index (κ2) is 6.99. The molecule has 0 bridgehead atoms. The maximum absolute atomic E-state index is 6.35. The third-order valence-electron chi connectivity index (χ3n) is 2.68. The lowest BCUT2D eigenvalue weighted by Crippen LogP contribution is -2.21. The highest BCUT2D eigenvalue weighted by molar-refractivity contribution is 7.99. The van der Waals surface area contributed by atoms with Gasteiger partial charge in [0.15, 0.2) is 0 Å². The monoisotopic (exact) mass is 291 g/mol. The van der Waals surface area contributed by atoms with Gasteiger partial charge in [0.2, 0.25) is 0 Å². The highest BCUT2D eigenvalue weighted by Gasteiger charge is 2.04. The first-order chi connectivity index (χ1) is 9.15. The van der Waals surface area contributed by atoms with E-state index in [4.69, 9.17) is 11.6 Å². The number of hydrogen-bond donors (Lipinski definition) is 1. The zero-order valence-corrected chi connectivity index (χ0v) is 12.8. The van der Waals surface area contributed by atoms with E-state index in [0.29, 0.717) is 6.04 Å². The van der Waals surface area contributed by atoms with Crippen LogP contribution in [-0.4, -0.2) is 6.04 Å². The summed E-state index contributed by atoms with van der Waals surface area (Å²) in [5.41, 5.74) is 1.22. The van der Waals surface area contributed by atoms with Gasteiger partial charge in [-0.2, -0.15) is 0 Å². The van der Waals surface area contributed by atoms with E-state index >= 15 is 0 Å². The highest BCUT2D eigenvalue weighted by atomic mass is 35.5. The maximum atomic E-state index is 6.35. The molecule has 19 heavy (non-hydrogen) atoms. The Bertz CT molecular complexity index is 526. The molecule has 0 saturated carbocycles. The Hall–Kier alpha value is -0.960. The van der Waals surface area contributed by atoms with E-state index in [1.807, 2.05) is 24.3 Å². The first-order valence-corrected chi connectivity index (χ1v) is 7.59. The van der Waals surface area contributed by atoms with Crippen LogP contribution in [-0.2, 0) is 6.54 Å². The molecule has 2 rings (SSSR count). The molecule has 0 radical (unpaired) electrons. The lowest BCUT2D eigenvalue weighted by atomic mass is 10.2. The van der Waals surface area contributed by atoms with Gasteiger partial charge in [-0.25, -0.2) is 0 Å². The van der Waals surface area contributed by atoms with E-state index in [2.05, 4.69) is 43.4 Å². The smallest absolute Gasteiger partial charge is 0.0548 e. The van der Waals surface area contributed by atoms with Crippen LogP contribution < -0.4 is 5.32 Å². The van der Waals surface area contributed by atoms with Crippen molar-refractivity contribution < 1.29 is 0 Å². The molecule has 100 valence electrons. The molecular formula is C16H18ClNS. The van der Waals surface area contributed by atoms with Gasteiger partial charge in [-0.3, -0.25) is 0 Å². The van der Waals surface area contributed by atoms with Crippen LogP contribution in [0.3, 0.4) is 0 Å². The molecule has 0 aliphatic heterocycles. The van der Waals surface area contributed by atoms with Gasteiger partial charge in [0, 0.05) is 22.4 Å². The summed E-state index contributed by atoms with van der Waals surface area (Å²) < 4.78 is 0. The summed E-state index contributed by atoms with van der Waals surface area (Å²) in [5, 5.41) is 4.21. The van der Waals surface area contributed by atoms with Crippen LogP contribution in [0.4, 0.5) is 0 Å². The van der Waals surface area contributed by atoms with Crippen molar-refractivity contribution in [1.82, 2.24) is 5.32 Å². The van der Waals surface area contributed by atoms with Crippen LogP contribution in [0.2, 0.25) is 5.02 Å². The summed E-state index contributed by atoms with van der Waals surface area (Å²) in [6.45, 7) is 5.14. The SMILES string of the molecule is CC(C)NCc1ccc(Sc2ccccc2)c(Cl)c1. The van der Waals surface area contributed by atoms with Crippen LogP contribution in [0.15, 0.2) is 58.3 Å². The fourth-order valence-corrected chi connectivity index (χ4v) is 2.83. The molecule has 0 unspecified atom stereocenters. The molecule has 0 spiro atoms. The minimum absolute atomic E-state index is 0.483. The van der Waals surface area contributed by atoms with Crippen LogP contribution in [0.1, 0.15) is 19.4 Å². The largest absolute Gasteiger partial charge is 0.310 e. The predicted molar refractivity (Wildman–Crippen MR) is 84.0 cm³/mol. The fourth-order valence-electron chi connectivity index (χ4n) is 1.67. The van der Waals surface area contributed by atoms with Crippen molar-refractivity contribution in [1.29, 1.82) is 0 Å². The number of hydrogen-bond acceptors (Lipinski definition) is 2. The first-order valence-electron chi connectivity index (χ1n) is 6.40. The molecule has 2 aromatic rings. The summed E-state index contributed by atoms with van der Waals surface area (Å²) >= 11 is 8.04. The van der Waals surface area contributed by atoms with Crippen molar-refractivity contribution in [3.8, 4) is 0 Å². The van der Waals surface area contributed by atoms with Gasteiger partial charge in [0.05, 0.1) is 5.02 Å². The summed E-state index contributed by atoms with van der Waals surface area (Å²) in [4.78, 5) is 2.30. The number of rotatable bonds is 5. The summed E-state index contributed by atoms with van der Waals surface area (Å²) in [6.07, 6.45) is 0. The van der Waals surface area contributed by atoms with Crippen molar-refractivity contribution in [3.63, 3.8) is 0 Å². The quantitative estimate of drug-likeness (QED) is 0.833. The second-order valence-electron chi connectivity index (χ2n) is 4.72. The van der Waals surface area contributed by atoms with Crippen molar-refractivity contribution in [3.05, 3.63) is 59.1 Å². The van der Waals surface area contributed by atoms with Crippen LogP contribution in [0.25, 0.3) is 0 Å². The third kappa shape index (κ3) is 4.57. The standard InChI is InChI=1S/C16H18ClNS/c1-12(2)18-11-13-8-9-16(15(17)10-13)19-14-6-4-3-5-7-14/h3-10,12,18H,11H2,1-2H3. The summed E-state index contributed by atoms with van der Waals surface area (Å²) in [7, 11) is 0. The van der Waals surface area contributed by atoms with Crippen molar-refractivity contribution in [2.45, 2.75) is 36.2 Å². The van der Waals surface area contributed by atoms with Crippen molar-refractivity contribution in [2.24, 2.45) is 0 Å². The molecule has 2 aromatic carbocycles. The van der Waals surface area contributed by atoms with Gasteiger partial charge in [-0.05, 0) is 29.8 Å². The molecule has 0 atom stereocenters. The van der Waals surface area contributed by atoms with Gasteiger partial charge in [-0.1, -0.05) is 61.5 Å². The zero-order chi connectivity index (χ0) is 13.7. The zero-order valence-electron chi connectivity index (χ0n) is 11.2. The number of benzene rings is 2. The van der Waals surface area contributed by atoms with Gasteiger partial charge in [0.1, 0.15) is 0 Å². The molecule has 1 N–H and O–H groups in total. The van der Waals surface area contributed by atoms with E-state index in [1.165, 1.54) is 10.5 Å². The fraction of sp³-hybridized carbons (Fsp3) is 0.250. The number of halogens is 1. The average molecular weight is 292 g/mol. The van der Waals surface area contributed by atoms with E-state index in [9.17, 15) is 0 Å². The van der Waals surface area contributed by atoms with Crippen molar-refractivity contribution in [2.75, 3.05) is 0 Å². The number of nitrogens with one attached hydrogen (secondary N) is 1. The topological polar surface area (TPSA) is 12.0 Å². The van der Waals surface area contributed by atoms with Gasteiger partial charge < -0.3 is 5.32 Å². The third-order valence-corrected chi connectivity index (χ3v) is 4.19. The summed E-state index contributed by atoms with van der Waals surface area (Å²) in [5.74, 6) is 0. The van der Waals surface area contributed by atoms with Crippen LogP contribution in [0.5, 0.6) is 0 Å². The Morgan fingerprint density at radius 3 is 2.47 bits per heavy atom. The van der Waals surface area contributed by atoms with Crippen LogP contribution >= 0.6 is 23.4 Å². The Balaban J connectivity index is 2.07. The maximum Gasteiger partial charge on any atom is 0.0548 e. The Morgan fingerprint density at radius 1 is 1.11 bits per heavy atom. The van der Waals surface area contributed by atoms with Gasteiger partial charge >= 0.3 is 0 Å². The molecule has 0 aliphatic rings.